The molecule has 0 N–H and O–H groups in total. The molecule has 0 unspecified atom stereocenters. The normalized spacial score (nSPS) is 12.4. The topological polar surface area (TPSA) is 17.1 Å². The molecular weight excluding hydrogens is 575 g/mol. The summed E-state index contributed by atoms with van der Waals surface area (Å²) in [6, 6.07) is 58.0. The van der Waals surface area contributed by atoms with Gasteiger partial charge in [-0.1, -0.05) is 146 Å². The van der Waals surface area contributed by atoms with Gasteiger partial charge in [-0.2, -0.15) is 0 Å². The zero-order valence-electron chi connectivity index (χ0n) is 24.9. The molecule has 0 saturated carbocycles. The van der Waals surface area contributed by atoms with Gasteiger partial charge in [0.1, 0.15) is 0 Å². The summed E-state index contributed by atoms with van der Waals surface area (Å²) < 4.78 is 17.1. The molecule has 0 bridgehead atoms. The molecule has 10 rings (SSSR count). The average molecular weight is 603 g/mol. The number of hydrogen-bond donors (Lipinski definition) is 0. The standard InChI is InChI=1S/C44H27OP/c45-46(41-26-31-10-1-3-14-33(31)35-16-5-7-18-37(35)41,42-27-32-11-2-4-15-34(32)36-17-6-8-19-38(36)42)40-25-23-30-21-20-28-12-9-13-29-22-24-39(40)44(30)43(28)29/h1-27H. The lowest BCUT2D eigenvalue weighted by Gasteiger charge is -2.26. The van der Waals surface area contributed by atoms with Crippen LogP contribution < -0.4 is 15.9 Å². The molecule has 0 amide bonds. The van der Waals surface area contributed by atoms with E-state index < -0.39 is 7.14 Å². The van der Waals surface area contributed by atoms with E-state index in [-0.39, 0.29) is 0 Å². The van der Waals surface area contributed by atoms with E-state index in [1.165, 1.54) is 37.7 Å². The van der Waals surface area contributed by atoms with Gasteiger partial charge in [0.25, 0.3) is 0 Å². The number of benzene rings is 10. The van der Waals surface area contributed by atoms with E-state index >= 15 is 4.57 Å². The minimum atomic E-state index is -3.53. The molecule has 46 heavy (non-hydrogen) atoms. The molecule has 10 aromatic rings. The summed E-state index contributed by atoms with van der Waals surface area (Å²) in [6.07, 6.45) is 0. The Balaban J connectivity index is 1.45. The lowest BCUT2D eigenvalue weighted by molar-refractivity contribution is 0.593. The fourth-order valence-electron chi connectivity index (χ4n) is 7.97. The Hall–Kier alpha value is -5.49. The lowest BCUT2D eigenvalue weighted by Crippen LogP contribution is -2.27. The molecule has 1 nitrogen and oxygen atoms in total. The molecule has 2 heteroatoms. The van der Waals surface area contributed by atoms with Crippen molar-refractivity contribution in [1.29, 1.82) is 0 Å². The van der Waals surface area contributed by atoms with Crippen LogP contribution in [0.5, 0.6) is 0 Å². The van der Waals surface area contributed by atoms with Gasteiger partial charge in [0.2, 0.25) is 0 Å². The summed E-state index contributed by atoms with van der Waals surface area (Å²) in [4.78, 5) is 0. The summed E-state index contributed by atoms with van der Waals surface area (Å²) in [5.74, 6) is 0. The Labute approximate surface area is 266 Å². The van der Waals surface area contributed by atoms with Crippen molar-refractivity contribution in [2.75, 3.05) is 0 Å². The molecule has 0 aromatic heterocycles. The third-order valence-electron chi connectivity index (χ3n) is 10.0. The molecule has 0 atom stereocenters. The van der Waals surface area contributed by atoms with Crippen LogP contribution in [-0.2, 0) is 4.57 Å². The van der Waals surface area contributed by atoms with Gasteiger partial charge in [-0.3, -0.25) is 0 Å². The van der Waals surface area contributed by atoms with Crippen LogP contribution in [0.25, 0.3) is 75.4 Å². The van der Waals surface area contributed by atoms with Crippen LogP contribution in [-0.4, -0.2) is 0 Å². The fraction of sp³-hybridized carbons (Fsp3) is 0. The van der Waals surface area contributed by atoms with Crippen molar-refractivity contribution in [2.45, 2.75) is 0 Å². The minimum absolute atomic E-state index is 0.886. The van der Waals surface area contributed by atoms with Crippen molar-refractivity contribution in [1.82, 2.24) is 0 Å². The van der Waals surface area contributed by atoms with Gasteiger partial charge < -0.3 is 4.57 Å². The summed E-state index contributed by atoms with van der Waals surface area (Å²) in [7, 11) is -3.53. The van der Waals surface area contributed by atoms with Crippen LogP contribution in [0.2, 0.25) is 0 Å². The van der Waals surface area contributed by atoms with Gasteiger partial charge in [0, 0.05) is 15.9 Å². The lowest BCUT2D eigenvalue weighted by atomic mass is 9.94. The SMILES string of the molecule is O=P(c1cc2ccccc2c2ccccc12)(c1cc2ccccc2c2ccccc12)c1ccc2ccc3cccc4ccc1c2c34. The molecule has 0 aliphatic heterocycles. The zero-order chi connectivity index (χ0) is 30.4. The molecule has 10 aromatic carbocycles. The summed E-state index contributed by atoms with van der Waals surface area (Å²) in [5.41, 5.74) is 0. The Morgan fingerprint density at radius 2 is 0.696 bits per heavy atom. The van der Waals surface area contributed by atoms with Crippen LogP contribution >= 0.6 is 7.14 Å². The summed E-state index contributed by atoms with van der Waals surface area (Å²) in [6.45, 7) is 0. The first-order valence-electron chi connectivity index (χ1n) is 15.8. The smallest absolute Gasteiger partial charge is 0.172 e. The molecule has 0 saturated heterocycles. The largest absolute Gasteiger partial charge is 0.309 e. The van der Waals surface area contributed by atoms with Gasteiger partial charge in [-0.15, -0.1) is 0 Å². The molecular formula is C44H27OP. The van der Waals surface area contributed by atoms with E-state index in [0.717, 1.165) is 53.6 Å². The molecule has 0 aliphatic rings. The van der Waals surface area contributed by atoms with Crippen molar-refractivity contribution < 1.29 is 4.57 Å². The maximum Gasteiger partial charge on any atom is 0.172 e. The second-order valence-electron chi connectivity index (χ2n) is 12.4. The Morgan fingerprint density at radius 3 is 1.26 bits per heavy atom. The number of fused-ring (bicyclic) bond motifs is 6. The maximum absolute atomic E-state index is 17.1. The zero-order valence-corrected chi connectivity index (χ0v) is 25.8. The van der Waals surface area contributed by atoms with Gasteiger partial charge in [0.15, 0.2) is 7.14 Å². The Morgan fingerprint density at radius 1 is 0.283 bits per heavy atom. The van der Waals surface area contributed by atoms with E-state index in [4.69, 9.17) is 0 Å². The Kier molecular flexibility index (Phi) is 5.33. The van der Waals surface area contributed by atoms with Gasteiger partial charge >= 0.3 is 0 Å². The van der Waals surface area contributed by atoms with E-state index in [1.54, 1.807) is 0 Å². The second-order valence-corrected chi connectivity index (χ2v) is 15.0. The highest BCUT2D eigenvalue weighted by molar-refractivity contribution is 7.86. The number of hydrogen-bond acceptors (Lipinski definition) is 1. The first-order chi connectivity index (χ1) is 22.7. The van der Waals surface area contributed by atoms with Crippen molar-refractivity contribution in [2.24, 2.45) is 0 Å². The van der Waals surface area contributed by atoms with Crippen LogP contribution in [0.15, 0.2) is 164 Å². The predicted octanol–water partition coefficient (Wildman–Crippen LogP) is 10.8. The molecule has 0 spiro atoms. The highest BCUT2D eigenvalue weighted by Gasteiger charge is 2.36. The van der Waals surface area contributed by atoms with Gasteiger partial charge in [0.05, 0.1) is 0 Å². The summed E-state index contributed by atoms with van der Waals surface area (Å²) >= 11 is 0. The third kappa shape index (κ3) is 3.44. The minimum Gasteiger partial charge on any atom is -0.309 e. The first kappa shape index (κ1) is 25.8. The molecule has 0 radical (unpaired) electrons. The van der Waals surface area contributed by atoms with E-state index in [1.807, 2.05) is 0 Å². The third-order valence-corrected chi connectivity index (χ3v) is 13.2. The highest BCUT2D eigenvalue weighted by Crippen LogP contribution is 2.51. The maximum atomic E-state index is 17.1. The van der Waals surface area contributed by atoms with Crippen molar-refractivity contribution >= 4 is 98.5 Å². The van der Waals surface area contributed by atoms with Crippen LogP contribution in [0.1, 0.15) is 0 Å². The summed E-state index contributed by atoms with van der Waals surface area (Å²) in [5, 5.41) is 18.6. The highest BCUT2D eigenvalue weighted by atomic mass is 31.2. The van der Waals surface area contributed by atoms with Crippen LogP contribution in [0, 0.1) is 0 Å². The quantitative estimate of drug-likeness (QED) is 0.145. The van der Waals surface area contributed by atoms with Gasteiger partial charge in [-0.05, 0) is 93.6 Å². The van der Waals surface area contributed by atoms with Crippen molar-refractivity contribution in [3.05, 3.63) is 164 Å². The fourth-order valence-corrected chi connectivity index (χ4v) is 11.3. The second kappa shape index (κ2) is 9.51. The molecule has 0 aliphatic carbocycles. The Bertz CT molecular complexity index is 2760. The molecule has 0 heterocycles. The first-order valence-corrected chi connectivity index (χ1v) is 17.5. The molecule has 214 valence electrons. The van der Waals surface area contributed by atoms with E-state index in [2.05, 4.69) is 164 Å². The number of rotatable bonds is 3. The van der Waals surface area contributed by atoms with Gasteiger partial charge in [-0.25, -0.2) is 0 Å². The average Bonchev–Trinajstić information content (AvgIpc) is 3.13. The van der Waals surface area contributed by atoms with Crippen LogP contribution in [0.3, 0.4) is 0 Å². The van der Waals surface area contributed by atoms with Crippen molar-refractivity contribution in [3.63, 3.8) is 0 Å². The van der Waals surface area contributed by atoms with E-state index in [9.17, 15) is 0 Å². The van der Waals surface area contributed by atoms with E-state index in [0.29, 0.717) is 0 Å². The predicted molar refractivity (Wildman–Crippen MR) is 200 cm³/mol. The van der Waals surface area contributed by atoms with Crippen LogP contribution in [0.4, 0.5) is 0 Å². The molecule has 0 fully saturated rings. The van der Waals surface area contributed by atoms with Crippen molar-refractivity contribution in [3.8, 4) is 0 Å². The monoisotopic (exact) mass is 602 g/mol.